The molecule has 1 atom stereocenters. The van der Waals surface area contributed by atoms with Gasteiger partial charge in [-0.25, -0.2) is 4.39 Å². The van der Waals surface area contributed by atoms with Crippen LogP contribution in [0.25, 0.3) is 10.9 Å². The number of aromatic nitrogens is 1. The topological polar surface area (TPSA) is 55.7 Å². The fourth-order valence-electron chi connectivity index (χ4n) is 4.82. The maximum absolute atomic E-state index is 14.1. The van der Waals surface area contributed by atoms with Gasteiger partial charge in [-0.15, -0.1) is 12.4 Å². The van der Waals surface area contributed by atoms with Crippen LogP contribution >= 0.6 is 12.4 Å². The van der Waals surface area contributed by atoms with Crippen LogP contribution in [0.5, 0.6) is 5.75 Å². The first kappa shape index (κ1) is 27.4. The van der Waals surface area contributed by atoms with Crippen LogP contribution in [0.3, 0.4) is 0 Å². The fourth-order valence-corrected chi connectivity index (χ4v) is 4.82. The Kier molecular flexibility index (Phi) is 10.9. The number of amides is 1. The number of nitrogens with one attached hydrogen (secondary N) is 1. The number of methoxy groups -OCH3 is 1. The van der Waals surface area contributed by atoms with Gasteiger partial charge in [0.15, 0.2) is 0 Å². The highest BCUT2D eigenvalue weighted by Gasteiger charge is 2.30. The van der Waals surface area contributed by atoms with E-state index in [0.29, 0.717) is 19.0 Å². The molecule has 1 saturated heterocycles. The molecule has 1 aliphatic rings. The van der Waals surface area contributed by atoms with E-state index in [1.54, 1.807) is 13.2 Å². The number of hydrogen-bond donors (Lipinski definition) is 1. The van der Waals surface area contributed by atoms with Crippen molar-refractivity contribution in [2.75, 3.05) is 33.4 Å². The molecule has 0 spiro atoms. The predicted octanol–water partition coefficient (Wildman–Crippen LogP) is 4.56. The largest absolute Gasteiger partial charge is 0.491 e. The molecule has 1 fully saturated rings. The maximum atomic E-state index is 14.1. The summed E-state index contributed by atoms with van der Waals surface area (Å²) in [4.78, 5) is 15.6. The molecule has 186 valence electrons. The lowest BCUT2D eigenvalue weighted by atomic mass is 10.0. The molecule has 33 heavy (non-hydrogen) atoms. The van der Waals surface area contributed by atoms with E-state index in [2.05, 4.69) is 23.7 Å². The zero-order chi connectivity index (χ0) is 23.1. The van der Waals surface area contributed by atoms with E-state index >= 15 is 0 Å². The van der Waals surface area contributed by atoms with Crippen LogP contribution in [0, 0.1) is 5.82 Å². The lowest BCUT2D eigenvalue weighted by molar-refractivity contribution is -0.135. The first-order chi connectivity index (χ1) is 15.5. The summed E-state index contributed by atoms with van der Waals surface area (Å²) in [6.45, 7) is 9.78. The molecular weight excluding hydrogens is 445 g/mol. The molecule has 6 nitrogen and oxygen atoms in total. The van der Waals surface area contributed by atoms with Gasteiger partial charge < -0.3 is 24.3 Å². The Balaban J connectivity index is 0.00000385. The first-order valence-electron chi connectivity index (χ1n) is 11.9. The van der Waals surface area contributed by atoms with E-state index < -0.39 is 0 Å². The number of carbonyl (C=O) groups excluding carboxylic acids is 1. The Morgan fingerprint density at radius 2 is 2.12 bits per heavy atom. The minimum absolute atomic E-state index is 0. The molecule has 0 radical (unpaired) electrons. The van der Waals surface area contributed by atoms with Crippen molar-refractivity contribution in [3.63, 3.8) is 0 Å². The van der Waals surface area contributed by atoms with Gasteiger partial charge in [0.25, 0.3) is 0 Å². The summed E-state index contributed by atoms with van der Waals surface area (Å²) in [5.41, 5.74) is 1.75. The molecule has 2 aromatic rings. The number of rotatable bonds is 11. The molecule has 1 N–H and O–H groups in total. The average Bonchev–Trinajstić information content (AvgIpc) is 3.04. The molecule has 3 rings (SSSR count). The molecule has 0 saturated carbocycles. The van der Waals surface area contributed by atoms with E-state index in [1.807, 2.05) is 11.8 Å². The Hall–Kier alpha value is -1.83. The number of benzene rings is 1. The second-order valence-corrected chi connectivity index (χ2v) is 8.79. The minimum Gasteiger partial charge on any atom is -0.491 e. The van der Waals surface area contributed by atoms with Crippen LogP contribution in [-0.2, 0) is 22.5 Å². The monoisotopic (exact) mass is 483 g/mol. The van der Waals surface area contributed by atoms with Gasteiger partial charge >= 0.3 is 0 Å². The Morgan fingerprint density at radius 1 is 1.33 bits per heavy atom. The van der Waals surface area contributed by atoms with Gasteiger partial charge in [-0.1, -0.05) is 0 Å². The number of fused-ring (bicyclic) bond motifs is 1. The van der Waals surface area contributed by atoms with Crippen LogP contribution in [0.15, 0.2) is 18.2 Å². The van der Waals surface area contributed by atoms with Crippen LogP contribution in [0.4, 0.5) is 4.39 Å². The predicted molar refractivity (Wildman–Crippen MR) is 133 cm³/mol. The van der Waals surface area contributed by atoms with Gasteiger partial charge in [-0.3, -0.25) is 4.79 Å². The summed E-state index contributed by atoms with van der Waals surface area (Å²) in [5, 5.41) is 4.16. The summed E-state index contributed by atoms with van der Waals surface area (Å²) in [6.07, 6.45) is 4.15. The van der Waals surface area contributed by atoms with Crippen molar-refractivity contribution in [2.24, 2.45) is 0 Å². The molecule has 1 aromatic carbocycles. The lowest BCUT2D eigenvalue weighted by Crippen LogP contribution is -2.52. The Morgan fingerprint density at radius 3 is 2.76 bits per heavy atom. The van der Waals surface area contributed by atoms with Gasteiger partial charge in [-0.05, 0) is 71.2 Å². The maximum Gasteiger partial charge on any atom is 0.229 e. The third-order valence-electron chi connectivity index (χ3n) is 6.18. The normalized spacial score (nSPS) is 16.1. The number of nitrogens with zero attached hydrogens (tertiary/aromatic N) is 2. The molecule has 2 heterocycles. The van der Waals surface area contributed by atoms with Crippen molar-refractivity contribution >= 4 is 29.2 Å². The number of hydrogen-bond acceptors (Lipinski definition) is 4. The number of piperidine rings is 1. The molecule has 1 aliphatic heterocycles. The highest BCUT2D eigenvalue weighted by atomic mass is 35.5. The Bertz CT molecular complexity index is 897. The smallest absolute Gasteiger partial charge is 0.229 e. The zero-order valence-corrected chi connectivity index (χ0v) is 21.2. The van der Waals surface area contributed by atoms with Crippen molar-refractivity contribution in [2.45, 2.75) is 71.5 Å². The summed E-state index contributed by atoms with van der Waals surface area (Å²) < 4.78 is 27.5. The summed E-state index contributed by atoms with van der Waals surface area (Å²) >= 11 is 0. The molecule has 1 aromatic heterocycles. The number of halogens is 2. The van der Waals surface area contributed by atoms with Gasteiger partial charge in [0.2, 0.25) is 5.91 Å². The number of ether oxygens (including phenoxy) is 2. The summed E-state index contributed by atoms with van der Waals surface area (Å²) in [5.74, 6) is 0.425. The van der Waals surface area contributed by atoms with E-state index in [4.69, 9.17) is 9.47 Å². The number of carbonyl (C=O) groups is 1. The van der Waals surface area contributed by atoms with Crippen LogP contribution in [0.1, 0.15) is 52.1 Å². The standard InChI is InChI=1S/C25H38FN3O3.ClH/c1-5-32-25-21-15-19(26)10-11-22(21)28(13-6-7-14-31-4)23(25)16-24(30)29(18(2)3)20-9-8-12-27-17-20;/h10-11,15,18,20,27H,5-9,12-14,16-17H2,1-4H3;1H/t20-;/m1./s1. The van der Waals surface area contributed by atoms with E-state index in [1.165, 1.54) is 12.1 Å². The average molecular weight is 484 g/mol. The highest BCUT2D eigenvalue weighted by Crippen LogP contribution is 2.35. The molecule has 0 bridgehead atoms. The van der Waals surface area contributed by atoms with E-state index in [9.17, 15) is 9.18 Å². The zero-order valence-electron chi connectivity index (χ0n) is 20.4. The molecule has 8 heteroatoms. The summed E-state index contributed by atoms with van der Waals surface area (Å²) in [6, 6.07) is 5.10. The van der Waals surface area contributed by atoms with E-state index in [-0.39, 0.29) is 42.6 Å². The van der Waals surface area contributed by atoms with Gasteiger partial charge in [0.1, 0.15) is 11.6 Å². The van der Waals surface area contributed by atoms with Crippen LogP contribution in [0.2, 0.25) is 0 Å². The second kappa shape index (κ2) is 13.2. The second-order valence-electron chi connectivity index (χ2n) is 8.79. The molecule has 0 aliphatic carbocycles. The summed E-state index contributed by atoms with van der Waals surface area (Å²) in [7, 11) is 1.70. The quantitative estimate of drug-likeness (QED) is 0.476. The van der Waals surface area contributed by atoms with Crippen molar-refractivity contribution in [3.05, 3.63) is 29.7 Å². The number of aryl methyl sites for hydroxylation is 1. The minimum atomic E-state index is -0.301. The van der Waals surface area contributed by atoms with Crippen molar-refractivity contribution in [1.29, 1.82) is 0 Å². The first-order valence-corrected chi connectivity index (χ1v) is 11.9. The van der Waals surface area contributed by atoms with Gasteiger partial charge in [0.05, 0.1) is 24.2 Å². The van der Waals surface area contributed by atoms with Crippen molar-refractivity contribution in [1.82, 2.24) is 14.8 Å². The third-order valence-corrected chi connectivity index (χ3v) is 6.18. The molecular formula is C25H39ClFN3O3. The molecule has 0 unspecified atom stereocenters. The van der Waals surface area contributed by atoms with Crippen LogP contribution < -0.4 is 10.1 Å². The number of unbranched alkanes of at least 4 members (excludes halogenated alkanes) is 1. The van der Waals surface area contributed by atoms with Crippen LogP contribution in [-0.4, -0.2) is 60.9 Å². The van der Waals surface area contributed by atoms with E-state index in [0.717, 1.165) is 61.9 Å². The third kappa shape index (κ3) is 6.61. The SMILES string of the molecule is CCOc1c(CC(=O)N(C(C)C)[C@@H]2CCCNC2)n(CCCCOC)c2ccc(F)cc12.Cl. The van der Waals surface area contributed by atoms with Crippen molar-refractivity contribution in [3.8, 4) is 5.75 Å². The highest BCUT2D eigenvalue weighted by molar-refractivity contribution is 5.91. The van der Waals surface area contributed by atoms with Gasteiger partial charge in [0, 0.05) is 44.3 Å². The van der Waals surface area contributed by atoms with Gasteiger partial charge in [-0.2, -0.15) is 0 Å². The fraction of sp³-hybridized carbons (Fsp3) is 0.640. The lowest BCUT2D eigenvalue weighted by Gasteiger charge is -2.37. The Labute approximate surface area is 203 Å². The van der Waals surface area contributed by atoms with Crippen molar-refractivity contribution < 1.29 is 18.7 Å². The molecule has 1 amide bonds.